The van der Waals surface area contributed by atoms with Crippen LogP contribution < -0.4 is 0 Å². The number of phenols is 1. The van der Waals surface area contributed by atoms with Crippen molar-refractivity contribution in [1.29, 1.82) is 0 Å². The first-order chi connectivity index (χ1) is 8.86. The molecule has 0 radical (unpaired) electrons. The molecular formula is C11H13NO7. The lowest BCUT2D eigenvalue weighted by molar-refractivity contribution is -0.386. The van der Waals surface area contributed by atoms with Gasteiger partial charge in [0, 0.05) is 0 Å². The first-order valence-corrected chi connectivity index (χ1v) is 5.27. The quantitative estimate of drug-likeness (QED) is 0.397. The number of methoxy groups -OCH3 is 1. The van der Waals surface area contributed by atoms with Gasteiger partial charge in [-0.15, -0.1) is 0 Å². The number of hydrogen-bond acceptors (Lipinski definition) is 7. The Balaban J connectivity index is 3.01. The van der Waals surface area contributed by atoms with Crippen LogP contribution >= 0.6 is 0 Å². The van der Waals surface area contributed by atoms with Crippen LogP contribution in [0.1, 0.15) is 18.1 Å². The molecule has 2 unspecified atom stereocenters. The maximum absolute atomic E-state index is 11.0. The van der Waals surface area contributed by atoms with Crippen molar-refractivity contribution in [3.05, 3.63) is 33.9 Å². The first kappa shape index (κ1) is 14.9. The Bertz CT molecular complexity index is 488. The molecule has 0 amide bonds. The van der Waals surface area contributed by atoms with Crippen molar-refractivity contribution in [1.82, 2.24) is 0 Å². The number of hydrogen-bond donors (Lipinski definition) is 3. The van der Waals surface area contributed by atoms with Gasteiger partial charge in [-0.05, 0) is 12.1 Å². The molecule has 0 aromatic heterocycles. The van der Waals surface area contributed by atoms with Crippen molar-refractivity contribution in [2.75, 3.05) is 7.11 Å². The molecule has 0 aliphatic carbocycles. The molecule has 1 aromatic carbocycles. The van der Waals surface area contributed by atoms with Gasteiger partial charge in [0.15, 0.2) is 0 Å². The van der Waals surface area contributed by atoms with E-state index in [0.717, 1.165) is 25.3 Å². The molecule has 0 saturated heterocycles. The number of nitrogens with zero attached hydrogens (tertiary/aromatic N) is 1. The number of nitro benzene ring substituents is 1. The molecular weight excluding hydrogens is 258 g/mol. The van der Waals surface area contributed by atoms with E-state index in [-0.39, 0.29) is 11.3 Å². The van der Waals surface area contributed by atoms with Crippen LogP contribution in [0.5, 0.6) is 5.75 Å². The van der Waals surface area contributed by atoms with Gasteiger partial charge in [-0.2, -0.15) is 0 Å². The third kappa shape index (κ3) is 3.63. The summed E-state index contributed by atoms with van der Waals surface area (Å²) >= 11 is 0. The summed E-state index contributed by atoms with van der Waals surface area (Å²) in [6.45, 7) is 0. The number of carbonyl (C=O) groups is 1. The molecule has 0 aliphatic heterocycles. The van der Waals surface area contributed by atoms with Gasteiger partial charge in [0.1, 0.15) is 11.9 Å². The zero-order valence-corrected chi connectivity index (χ0v) is 10.0. The summed E-state index contributed by atoms with van der Waals surface area (Å²) in [6.07, 6.45) is -3.69. The zero-order valence-electron chi connectivity index (χ0n) is 10.0. The normalized spacial score (nSPS) is 13.6. The second-order valence-electron chi connectivity index (χ2n) is 3.79. The Morgan fingerprint density at radius 3 is 2.63 bits per heavy atom. The summed E-state index contributed by atoms with van der Waals surface area (Å²) in [5.74, 6) is -1.10. The van der Waals surface area contributed by atoms with E-state index in [0.29, 0.717) is 0 Å². The van der Waals surface area contributed by atoms with Gasteiger partial charge in [0.2, 0.25) is 0 Å². The SMILES string of the molecule is COC(=O)CC(O)C(O)c1ccc(O)cc1[N+](=O)[O-]. The zero-order chi connectivity index (χ0) is 14.6. The van der Waals surface area contributed by atoms with E-state index in [1.165, 1.54) is 0 Å². The molecule has 8 heteroatoms. The van der Waals surface area contributed by atoms with Crippen LogP contribution in [-0.2, 0) is 9.53 Å². The lowest BCUT2D eigenvalue weighted by Crippen LogP contribution is -2.23. The fourth-order valence-corrected chi connectivity index (χ4v) is 1.51. The molecule has 0 heterocycles. The average Bonchev–Trinajstić information content (AvgIpc) is 2.37. The smallest absolute Gasteiger partial charge is 0.308 e. The molecule has 19 heavy (non-hydrogen) atoms. The second-order valence-corrected chi connectivity index (χ2v) is 3.79. The van der Waals surface area contributed by atoms with Gasteiger partial charge in [-0.1, -0.05) is 0 Å². The Labute approximate surface area is 108 Å². The number of phenolic OH excluding ortho intramolecular Hbond substituents is 1. The minimum Gasteiger partial charge on any atom is -0.508 e. The summed E-state index contributed by atoms with van der Waals surface area (Å²) in [4.78, 5) is 21.0. The number of ether oxygens (including phenoxy) is 1. The maximum Gasteiger partial charge on any atom is 0.308 e. The van der Waals surface area contributed by atoms with Gasteiger partial charge >= 0.3 is 5.97 Å². The molecule has 3 N–H and O–H groups in total. The summed E-state index contributed by atoms with van der Waals surface area (Å²) in [5, 5.41) is 39.4. The Morgan fingerprint density at radius 1 is 1.47 bits per heavy atom. The maximum atomic E-state index is 11.0. The highest BCUT2D eigenvalue weighted by Gasteiger charge is 2.28. The summed E-state index contributed by atoms with van der Waals surface area (Å²) in [6, 6.07) is 3.10. The Morgan fingerprint density at radius 2 is 2.11 bits per heavy atom. The molecule has 2 atom stereocenters. The fraction of sp³-hybridized carbons (Fsp3) is 0.364. The Hall–Kier alpha value is -2.19. The first-order valence-electron chi connectivity index (χ1n) is 5.27. The van der Waals surface area contributed by atoms with Crippen molar-refractivity contribution in [3.8, 4) is 5.75 Å². The molecule has 0 aliphatic rings. The third-order valence-corrected chi connectivity index (χ3v) is 2.50. The number of benzene rings is 1. The minimum atomic E-state index is -1.64. The predicted octanol–water partition coefficient (Wildman–Crippen LogP) is 0.258. The van der Waals surface area contributed by atoms with Crippen LogP contribution in [0.15, 0.2) is 18.2 Å². The molecule has 0 saturated carbocycles. The highest BCUT2D eigenvalue weighted by atomic mass is 16.6. The van der Waals surface area contributed by atoms with E-state index in [1.807, 2.05) is 0 Å². The van der Waals surface area contributed by atoms with Crippen LogP contribution in [0.4, 0.5) is 5.69 Å². The number of nitro groups is 1. The number of aliphatic hydroxyl groups is 2. The molecule has 1 aromatic rings. The van der Waals surface area contributed by atoms with Gasteiger partial charge in [0.25, 0.3) is 5.69 Å². The number of carbonyl (C=O) groups excluding carboxylic acids is 1. The molecule has 0 spiro atoms. The van der Waals surface area contributed by atoms with Gasteiger partial charge in [0.05, 0.1) is 36.2 Å². The molecule has 8 nitrogen and oxygen atoms in total. The molecule has 104 valence electrons. The van der Waals surface area contributed by atoms with E-state index < -0.39 is 35.2 Å². The molecule has 0 fully saturated rings. The van der Waals surface area contributed by atoms with Crippen molar-refractivity contribution in [2.24, 2.45) is 0 Å². The standard InChI is InChI=1S/C11H13NO7/c1-19-10(15)5-9(14)11(16)7-3-2-6(13)4-8(7)12(17)18/h2-4,9,11,13-14,16H,5H2,1H3. The van der Waals surface area contributed by atoms with Crippen LogP contribution in [0.25, 0.3) is 0 Å². The fourth-order valence-electron chi connectivity index (χ4n) is 1.51. The Kier molecular flexibility index (Phi) is 4.79. The van der Waals surface area contributed by atoms with Crippen LogP contribution in [0, 0.1) is 10.1 Å². The number of esters is 1. The van der Waals surface area contributed by atoms with Gasteiger partial charge in [-0.3, -0.25) is 14.9 Å². The number of rotatable bonds is 5. The van der Waals surface area contributed by atoms with Crippen LogP contribution in [0.2, 0.25) is 0 Å². The third-order valence-electron chi connectivity index (χ3n) is 2.50. The van der Waals surface area contributed by atoms with E-state index >= 15 is 0 Å². The number of aromatic hydroxyl groups is 1. The van der Waals surface area contributed by atoms with E-state index in [9.17, 15) is 25.1 Å². The van der Waals surface area contributed by atoms with Gasteiger partial charge in [-0.25, -0.2) is 0 Å². The highest BCUT2D eigenvalue weighted by Crippen LogP contribution is 2.31. The topological polar surface area (TPSA) is 130 Å². The highest BCUT2D eigenvalue weighted by molar-refractivity contribution is 5.70. The lowest BCUT2D eigenvalue weighted by Gasteiger charge is -2.17. The largest absolute Gasteiger partial charge is 0.508 e. The minimum absolute atomic E-state index is 0.195. The lowest BCUT2D eigenvalue weighted by atomic mass is 10.0. The van der Waals surface area contributed by atoms with E-state index in [4.69, 9.17) is 5.11 Å². The van der Waals surface area contributed by atoms with Crippen molar-refractivity contribution in [2.45, 2.75) is 18.6 Å². The molecule has 1 rings (SSSR count). The van der Waals surface area contributed by atoms with Crippen molar-refractivity contribution in [3.63, 3.8) is 0 Å². The van der Waals surface area contributed by atoms with Crippen molar-refractivity contribution < 1.29 is 29.8 Å². The second kappa shape index (κ2) is 6.12. The van der Waals surface area contributed by atoms with Crippen LogP contribution in [-0.4, -0.2) is 39.4 Å². The monoisotopic (exact) mass is 271 g/mol. The van der Waals surface area contributed by atoms with E-state index in [2.05, 4.69) is 4.74 Å². The molecule has 0 bridgehead atoms. The van der Waals surface area contributed by atoms with Gasteiger partial charge < -0.3 is 20.1 Å². The average molecular weight is 271 g/mol. The van der Waals surface area contributed by atoms with Crippen molar-refractivity contribution >= 4 is 11.7 Å². The van der Waals surface area contributed by atoms with E-state index in [1.54, 1.807) is 0 Å². The predicted molar refractivity (Wildman–Crippen MR) is 62.4 cm³/mol. The number of aliphatic hydroxyl groups excluding tert-OH is 2. The summed E-state index contributed by atoms with van der Waals surface area (Å²) in [5.41, 5.74) is -0.740. The summed E-state index contributed by atoms with van der Waals surface area (Å²) in [7, 11) is 1.12. The van der Waals surface area contributed by atoms with Crippen LogP contribution in [0.3, 0.4) is 0 Å². The summed E-state index contributed by atoms with van der Waals surface area (Å²) < 4.78 is 4.32.